The lowest BCUT2D eigenvalue weighted by Gasteiger charge is -2.26. The molecule has 0 aliphatic carbocycles. The average molecular weight is 453 g/mol. The van der Waals surface area contributed by atoms with Crippen LogP contribution in [0, 0.1) is 10.1 Å². The Labute approximate surface area is 189 Å². The van der Waals surface area contributed by atoms with Gasteiger partial charge in [-0.2, -0.15) is 0 Å². The first kappa shape index (κ1) is 22.3. The average Bonchev–Trinajstić information content (AvgIpc) is 3.06. The van der Waals surface area contributed by atoms with Crippen molar-refractivity contribution >= 4 is 23.1 Å². The van der Waals surface area contributed by atoms with Crippen molar-refractivity contribution in [1.29, 1.82) is 0 Å². The third-order valence-corrected chi connectivity index (χ3v) is 5.56. The molecule has 172 valence electrons. The Balaban J connectivity index is 1.81. The van der Waals surface area contributed by atoms with Gasteiger partial charge in [0.15, 0.2) is 11.5 Å². The molecule has 1 N–H and O–H groups in total. The van der Waals surface area contributed by atoms with E-state index < -0.39 is 22.7 Å². The van der Waals surface area contributed by atoms with E-state index in [0.29, 0.717) is 42.4 Å². The summed E-state index contributed by atoms with van der Waals surface area (Å²) in [5, 5.41) is 22.2. The van der Waals surface area contributed by atoms with Crippen LogP contribution in [0.5, 0.6) is 11.5 Å². The summed E-state index contributed by atoms with van der Waals surface area (Å²) in [6, 6.07) is 9.50. The van der Waals surface area contributed by atoms with E-state index in [4.69, 9.17) is 9.47 Å². The maximum Gasteiger partial charge on any atom is 0.295 e. The first-order valence-corrected chi connectivity index (χ1v) is 10.4. The summed E-state index contributed by atoms with van der Waals surface area (Å²) in [5.41, 5.74) is 0.592. The van der Waals surface area contributed by atoms with Crippen LogP contribution in [0.25, 0.3) is 5.76 Å². The molecule has 1 fully saturated rings. The molecule has 1 saturated heterocycles. The number of nitrogens with zero attached hydrogens (tertiary/aromatic N) is 3. The fourth-order valence-electron chi connectivity index (χ4n) is 3.89. The number of rotatable bonds is 6. The zero-order chi connectivity index (χ0) is 23.7. The fourth-order valence-corrected chi connectivity index (χ4v) is 3.89. The number of benzene rings is 2. The molecule has 2 aliphatic rings. The van der Waals surface area contributed by atoms with Crippen LogP contribution in [0.15, 0.2) is 48.0 Å². The molecule has 10 heteroatoms. The molecule has 1 atom stereocenters. The standard InChI is InChI=1S/C23H23N3O7/c1-24(2)9-10-25-20(14-3-6-16(7-4-14)26(30)31)19(22(28)23(25)29)21(27)15-5-8-17-18(13-15)33-12-11-32-17/h3-8,13,20,27H,9-12H2,1-2H3/t20-/m0/s1. The van der Waals surface area contributed by atoms with Gasteiger partial charge >= 0.3 is 0 Å². The van der Waals surface area contributed by atoms with Gasteiger partial charge in [-0.15, -0.1) is 0 Å². The third-order valence-electron chi connectivity index (χ3n) is 5.56. The van der Waals surface area contributed by atoms with Crippen LogP contribution >= 0.6 is 0 Å². The fraction of sp³-hybridized carbons (Fsp3) is 0.304. The minimum Gasteiger partial charge on any atom is -0.507 e. The smallest absolute Gasteiger partial charge is 0.295 e. The number of likely N-dealkylation sites (tertiary alicyclic amines) is 1. The zero-order valence-electron chi connectivity index (χ0n) is 18.2. The van der Waals surface area contributed by atoms with Gasteiger partial charge in [-0.3, -0.25) is 19.7 Å². The summed E-state index contributed by atoms with van der Waals surface area (Å²) in [6.07, 6.45) is 0. The summed E-state index contributed by atoms with van der Waals surface area (Å²) in [4.78, 5) is 39.7. The Morgan fingerprint density at radius 1 is 1.12 bits per heavy atom. The number of aliphatic hydroxyl groups is 1. The number of non-ortho nitro benzene ring substituents is 1. The van der Waals surface area contributed by atoms with Crippen molar-refractivity contribution in [3.8, 4) is 11.5 Å². The van der Waals surface area contributed by atoms with Crippen molar-refractivity contribution < 1.29 is 29.1 Å². The molecule has 0 radical (unpaired) electrons. The molecule has 2 aromatic carbocycles. The van der Waals surface area contributed by atoms with Gasteiger partial charge in [0.05, 0.1) is 16.5 Å². The van der Waals surface area contributed by atoms with Gasteiger partial charge < -0.3 is 24.4 Å². The minimum atomic E-state index is -0.890. The highest BCUT2D eigenvalue weighted by atomic mass is 16.6. The van der Waals surface area contributed by atoms with E-state index in [9.17, 15) is 24.8 Å². The Bertz CT molecular complexity index is 1140. The highest BCUT2D eigenvalue weighted by molar-refractivity contribution is 6.46. The minimum absolute atomic E-state index is 0.0794. The van der Waals surface area contributed by atoms with Crippen molar-refractivity contribution in [1.82, 2.24) is 9.80 Å². The maximum atomic E-state index is 13.0. The van der Waals surface area contributed by atoms with Crippen molar-refractivity contribution in [3.63, 3.8) is 0 Å². The van der Waals surface area contributed by atoms with Crippen molar-refractivity contribution in [2.24, 2.45) is 0 Å². The maximum absolute atomic E-state index is 13.0. The van der Waals surface area contributed by atoms with Crippen LogP contribution in [0.4, 0.5) is 5.69 Å². The molecule has 0 bridgehead atoms. The molecule has 0 spiro atoms. The largest absolute Gasteiger partial charge is 0.507 e. The molecule has 10 nitrogen and oxygen atoms in total. The monoisotopic (exact) mass is 453 g/mol. The molecule has 0 unspecified atom stereocenters. The molecule has 0 saturated carbocycles. The van der Waals surface area contributed by atoms with Crippen molar-refractivity contribution in [3.05, 3.63) is 69.3 Å². The lowest BCUT2D eigenvalue weighted by Crippen LogP contribution is -2.35. The van der Waals surface area contributed by atoms with Crippen LogP contribution in [-0.2, 0) is 9.59 Å². The third kappa shape index (κ3) is 4.24. The number of Topliss-reactive ketones (excluding diaryl/α,β-unsaturated/α-hetero) is 1. The van der Waals surface area contributed by atoms with Crippen molar-refractivity contribution in [2.75, 3.05) is 40.4 Å². The molecule has 1 amide bonds. The molecule has 33 heavy (non-hydrogen) atoms. The topological polar surface area (TPSA) is 122 Å². The van der Waals surface area contributed by atoms with Gasteiger partial charge in [-0.25, -0.2) is 0 Å². The number of hydrogen-bond acceptors (Lipinski definition) is 8. The quantitative estimate of drug-likeness (QED) is 0.233. The molecule has 4 rings (SSSR count). The first-order valence-electron chi connectivity index (χ1n) is 10.4. The summed E-state index contributed by atoms with van der Waals surface area (Å²) >= 11 is 0. The lowest BCUT2D eigenvalue weighted by molar-refractivity contribution is -0.384. The molecular formula is C23H23N3O7. The predicted molar refractivity (Wildman–Crippen MR) is 118 cm³/mol. The number of fused-ring (bicyclic) bond motifs is 1. The Kier molecular flexibility index (Phi) is 6.01. The highest BCUT2D eigenvalue weighted by Gasteiger charge is 2.46. The number of ether oxygens (including phenoxy) is 2. The number of hydrogen-bond donors (Lipinski definition) is 1. The number of carbonyl (C=O) groups excluding carboxylic acids is 2. The number of nitro benzene ring substituents is 1. The van der Waals surface area contributed by atoms with E-state index >= 15 is 0 Å². The highest BCUT2D eigenvalue weighted by Crippen LogP contribution is 2.41. The van der Waals surface area contributed by atoms with Crippen LogP contribution in [0.3, 0.4) is 0 Å². The van der Waals surface area contributed by atoms with Crippen molar-refractivity contribution in [2.45, 2.75) is 6.04 Å². The van der Waals surface area contributed by atoms with Gasteiger partial charge in [0.1, 0.15) is 19.0 Å². The molecule has 2 aromatic rings. The van der Waals surface area contributed by atoms with Gasteiger partial charge in [-0.05, 0) is 50.0 Å². The number of aliphatic hydroxyl groups excluding tert-OH is 1. The van der Waals surface area contributed by atoms with Crippen LogP contribution in [-0.4, -0.2) is 71.9 Å². The number of amides is 1. The van der Waals surface area contributed by atoms with Crippen LogP contribution < -0.4 is 9.47 Å². The second-order valence-corrected chi connectivity index (χ2v) is 8.00. The summed E-state index contributed by atoms with van der Waals surface area (Å²) in [7, 11) is 3.68. The number of nitro groups is 1. The van der Waals surface area contributed by atoms with E-state index in [2.05, 4.69) is 0 Å². The number of likely N-dealkylation sites (N-methyl/N-ethyl adjacent to an activating group) is 1. The predicted octanol–water partition coefficient (Wildman–Crippen LogP) is 2.35. The van der Waals surface area contributed by atoms with E-state index in [1.54, 1.807) is 18.2 Å². The van der Waals surface area contributed by atoms with Gasteiger partial charge in [0.25, 0.3) is 17.4 Å². The number of ketones is 1. The normalized spacial score (nSPS) is 19.2. The summed E-state index contributed by atoms with van der Waals surface area (Å²) in [5.74, 6) is -0.944. The Morgan fingerprint density at radius 3 is 2.42 bits per heavy atom. The lowest BCUT2D eigenvalue weighted by atomic mass is 9.95. The van der Waals surface area contributed by atoms with E-state index in [1.165, 1.54) is 29.2 Å². The van der Waals surface area contributed by atoms with Crippen LogP contribution in [0.1, 0.15) is 17.2 Å². The van der Waals surface area contributed by atoms with Crippen LogP contribution in [0.2, 0.25) is 0 Å². The van der Waals surface area contributed by atoms with E-state index in [0.717, 1.165) is 0 Å². The number of carbonyl (C=O) groups is 2. The molecular weight excluding hydrogens is 430 g/mol. The van der Waals surface area contributed by atoms with Gasteiger partial charge in [0, 0.05) is 30.8 Å². The van der Waals surface area contributed by atoms with Gasteiger partial charge in [-0.1, -0.05) is 0 Å². The summed E-state index contributed by atoms with van der Waals surface area (Å²) < 4.78 is 11.1. The SMILES string of the molecule is CN(C)CCN1C(=O)C(=O)C(=C(O)c2ccc3c(c2)OCCO3)[C@@H]1c1ccc([N+](=O)[O-])cc1. The Morgan fingerprint density at radius 2 is 1.79 bits per heavy atom. The first-order chi connectivity index (χ1) is 15.8. The molecule has 2 heterocycles. The second kappa shape index (κ2) is 8.91. The van der Waals surface area contributed by atoms with E-state index in [1.807, 2.05) is 19.0 Å². The molecule has 0 aromatic heterocycles. The second-order valence-electron chi connectivity index (χ2n) is 8.00. The Hall–Kier alpha value is -3.92. The van der Waals surface area contributed by atoms with E-state index in [-0.39, 0.29) is 23.6 Å². The molecule has 2 aliphatic heterocycles. The van der Waals surface area contributed by atoms with Gasteiger partial charge in [0.2, 0.25) is 0 Å². The summed E-state index contributed by atoms with van der Waals surface area (Å²) in [6.45, 7) is 1.49. The zero-order valence-corrected chi connectivity index (χ0v) is 18.2.